The Morgan fingerprint density at radius 1 is 1.00 bits per heavy atom. The maximum Gasteiger partial charge on any atom is 0.573 e. The Labute approximate surface area is 166 Å². The summed E-state index contributed by atoms with van der Waals surface area (Å²) >= 11 is 0. The van der Waals surface area contributed by atoms with Gasteiger partial charge < -0.3 is 15.2 Å². The van der Waals surface area contributed by atoms with Crippen molar-refractivity contribution in [2.45, 2.75) is 26.3 Å². The third-order valence-electron chi connectivity index (χ3n) is 4.44. The summed E-state index contributed by atoms with van der Waals surface area (Å²) in [4.78, 5) is 8.27. The van der Waals surface area contributed by atoms with Crippen LogP contribution >= 0.6 is 0 Å². The van der Waals surface area contributed by atoms with Crippen LogP contribution in [0.15, 0.2) is 54.9 Å². The van der Waals surface area contributed by atoms with Crippen molar-refractivity contribution in [2.75, 3.05) is 11.9 Å². The lowest BCUT2D eigenvalue weighted by Gasteiger charge is -2.14. The average molecular weight is 403 g/mol. The van der Waals surface area contributed by atoms with Crippen LogP contribution in [0.1, 0.15) is 22.8 Å². The molecule has 0 aliphatic carbocycles. The van der Waals surface area contributed by atoms with Crippen LogP contribution in [0.2, 0.25) is 0 Å². The third kappa shape index (κ3) is 5.68. The predicted octanol–water partition coefficient (Wildman–Crippen LogP) is 4.80. The van der Waals surface area contributed by atoms with Gasteiger partial charge in [-0.05, 0) is 54.8 Å². The number of nitrogens with zero attached hydrogens (tertiary/aromatic N) is 2. The predicted molar refractivity (Wildman–Crippen MR) is 104 cm³/mol. The summed E-state index contributed by atoms with van der Waals surface area (Å²) < 4.78 is 40.6. The Morgan fingerprint density at radius 2 is 1.72 bits per heavy atom. The van der Waals surface area contributed by atoms with Crippen molar-refractivity contribution >= 4 is 5.82 Å². The first-order valence-electron chi connectivity index (χ1n) is 8.88. The largest absolute Gasteiger partial charge is 0.573 e. The number of aromatic nitrogens is 2. The van der Waals surface area contributed by atoms with Crippen molar-refractivity contribution in [3.05, 3.63) is 71.5 Å². The summed E-state index contributed by atoms with van der Waals surface area (Å²) in [6, 6.07) is 12.9. The van der Waals surface area contributed by atoms with E-state index in [9.17, 15) is 18.3 Å². The van der Waals surface area contributed by atoms with Crippen molar-refractivity contribution < 1.29 is 23.0 Å². The van der Waals surface area contributed by atoms with Crippen LogP contribution in [0.25, 0.3) is 11.3 Å². The highest BCUT2D eigenvalue weighted by Gasteiger charge is 2.30. The number of alkyl halides is 3. The quantitative estimate of drug-likeness (QED) is 0.619. The van der Waals surface area contributed by atoms with Gasteiger partial charge in [0.15, 0.2) is 0 Å². The zero-order valence-electron chi connectivity index (χ0n) is 15.9. The number of rotatable bonds is 6. The minimum absolute atomic E-state index is 0.247. The Bertz CT molecular complexity index is 976. The molecule has 1 heterocycles. The highest BCUT2D eigenvalue weighted by molar-refractivity contribution is 5.62. The molecule has 2 aromatic carbocycles. The van der Waals surface area contributed by atoms with Crippen molar-refractivity contribution in [1.82, 2.24) is 9.97 Å². The Hall–Kier alpha value is -3.13. The molecule has 152 valence electrons. The van der Waals surface area contributed by atoms with Gasteiger partial charge in [-0.25, -0.2) is 9.97 Å². The van der Waals surface area contributed by atoms with E-state index in [1.165, 1.54) is 30.6 Å². The van der Waals surface area contributed by atoms with E-state index in [4.69, 9.17) is 0 Å². The van der Waals surface area contributed by atoms with Gasteiger partial charge in [-0.2, -0.15) is 0 Å². The van der Waals surface area contributed by atoms with Gasteiger partial charge in [-0.15, -0.1) is 13.2 Å². The lowest BCUT2D eigenvalue weighted by Crippen LogP contribution is -2.16. The molecule has 3 aromatic rings. The molecule has 5 nitrogen and oxygen atoms in total. The second-order valence-electron chi connectivity index (χ2n) is 6.60. The highest BCUT2D eigenvalue weighted by atomic mass is 19.4. The summed E-state index contributed by atoms with van der Waals surface area (Å²) in [5.41, 5.74) is 4.20. The molecule has 1 aromatic heterocycles. The fourth-order valence-electron chi connectivity index (χ4n) is 2.73. The van der Waals surface area contributed by atoms with E-state index < -0.39 is 12.5 Å². The van der Waals surface area contributed by atoms with Crippen LogP contribution in [0, 0.1) is 13.8 Å². The van der Waals surface area contributed by atoms with Crippen LogP contribution in [0.4, 0.5) is 19.0 Å². The molecular weight excluding hydrogens is 383 g/mol. The zero-order valence-corrected chi connectivity index (χ0v) is 15.9. The number of benzene rings is 2. The molecule has 0 aliphatic rings. The summed E-state index contributed by atoms with van der Waals surface area (Å²) in [6.45, 7) is 4.24. The standard InChI is InChI=1S/C21H20F3N3O2/c1-13-3-4-16(9-14(13)2)19(28)11-25-20-10-18(26-12-27-20)15-5-7-17(8-6-15)29-21(22,23)24/h3-10,12,19,28H,11H2,1-2H3,(H,25,26,27). The van der Waals surface area contributed by atoms with Gasteiger partial charge >= 0.3 is 6.36 Å². The minimum atomic E-state index is -4.73. The van der Waals surface area contributed by atoms with Crippen molar-refractivity contribution in [2.24, 2.45) is 0 Å². The maximum atomic E-state index is 12.3. The summed E-state index contributed by atoms with van der Waals surface area (Å²) in [5, 5.41) is 13.5. The third-order valence-corrected chi connectivity index (χ3v) is 4.44. The van der Waals surface area contributed by atoms with Crippen LogP contribution in [0.5, 0.6) is 5.75 Å². The van der Waals surface area contributed by atoms with Gasteiger partial charge in [0.2, 0.25) is 0 Å². The first-order valence-corrected chi connectivity index (χ1v) is 8.88. The van der Waals surface area contributed by atoms with Gasteiger partial charge in [0.25, 0.3) is 0 Å². The number of hydrogen-bond donors (Lipinski definition) is 2. The van der Waals surface area contributed by atoms with E-state index in [-0.39, 0.29) is 12.3 Å². The van der Waals surface area contributed by atoms with Gasteiger partial charge in [0, 0.05) is 18.2 Å². The maximum absolute atomic E-state index is 12.3. The van der Waals surface area contributed by atoms with Gasteiger partial charge in [-0.1, -0.05) is 18.2 Å². The van der Waals surface area contributed by atoms with E-state index in [1.807, 2.05) is 32.0 Å². The van der Waals surface area contributed by atoms with Gasteiger partial charge in [0.05, 0.1) is 11.8 Å². The van der Waals surface area contributed by atoms with E-state index in [2.05, 4.69) is 20.0 Å². The van der Waals surface area contributed by atoms with Crippen LogP contribution < -0.4 is 10.1 Å². The molecule has 8 heteroatoms. The molecule has 2 N–H and O–H groups in total. The monoisotopic (exact) mass is 403 g/mol. The lowest BCUT2D eigenvalue weighted by molar-refractivity contribution is -0.274. The molecular formula is C21H20F3N3O2. The molecule has 3 rings (SSSR count). The first-order chi connectivity index (χ1) is 13.7. The van der Waals surface area contributed by atoms with Gasteiger partial charge in [-0.3, -0.25) is 0 Å². The number of aliphatic hydroxyl groups is 1. The fraction of sp³-hybridized carbons (Fsp3) is 0.238. The SMILES string of the molecule is Cc1ccc(C(O)CNc2cc(-c3ccc(OC(F)(F)F)cc3)ncn2)cc1C. The summed E-state index contributed by atoms with van der Waals surface area (Å²) in [5.74, 6) is 0.193. The topological polar surface area (TPSA) is 67.3 Å². The van der Waals surface area contributed by atoms with Crippen molar-refractivity contribution in [1.29, 1.82) is 0 Å². The first kappa shape index (κ1) is 20.6. The molecule has 1 atom stereocenters. The molecule has 0 spiro atoms. The number of halogens is 3. The van der Waals surface area contributed by atoms with Crippen LogP contribution in [-0.2, 0) is 0 Å². The molecule has 1 unspecified atom stereocenters. The van der Waals surface area contributed by atoms with Crippen LogP contribution in [0.3, 0.4) is 0 Å². The van der Waals surface area contributed by atoms with E-state index in [0.717, 1.165) is 16.7 Å². The molecule has 0 saturated carbocycles. The Kier molecular flexibility index (Phi) is 6.03. The summed E-state index contributed by atoms with van der Waals surface area (Å²) in [6.07, 6.45) is -4.10. The zero-order chi connectivity index (χ0) is 21.0. The van der Waals surface area contributed by atoms with Crippen molar-refractivity contribution in [3.63, 3.8) is 0 Å². The number of anilines is 1. The van der Waals surface area contributed by atoms with E-state index in [1.54, 1.807) is 6.07 Å². The minimum Gasteiger partial charge on any atom is -0.406 e. The number of aliphatic hydroxyl groups excluding tert-OH is 1. The second kappa shape index (κ2) is 8.48. The Balaban J connectivity index is 1.67. The number of nitrogens with one attached hydrogen (secondary N) is 1. The molecule has 0 saturated heterocycles. The molecule has 0 bridgehead atoms. The smallest absolute Gasteiger partial charge is 0.406 e. The van der Waals surface area contributed by atoms with Gasteiger partial charge in [0.1, 0.15) is 17.9 Å². The number of hydrogen-bond acceptors (Lipinski definition) is 5. The molecule has 29 heavy (non-hydrogen) atoms. The molecule has 0 amide bonds. The molecule has 0 aliphatic heterocycles. The lowest BCUT2D eigenvalue weighted by atomic mass is 10.0. The highest BCUT2D eigenvalue weighted by Crippen LogP contribution is 2.26. The number of ether oxygens (including phenoxy) is 1. The van der Waals surface area contributed by atoms with E-state index in [0.29, 0.717) is 17.1 Å². The van der Waals surface area contributed by atoms with Crippen LogP contribution in [-0.4, -0.2) is 28.0 Å². The van der Waals surface area contributed by atoms with Crippen molar-refractivity contribution in [3.8, 4) is 17.0 Å². The number of aryl methyl sites for hydroxylation is 2. The summed E-state index contributed by atoms with van der Waals surface area (Å²) in [7, 11) is 0. The molecule has 0 radical (unpaired) electrons. The average Bonchev–Trinajstić information content (AvgIpc) is 2.68. The second-order valence-corrected chi connectivity index (χ2v) is 6.60. The normalized spacial score (nSPS) is 12.5. The fourth-order valence-corrected chi connectivity index (χ4v) is 2.73. The molecule has 0 fully saturated rings. The Morgan fingerprint density at radius 3 is 2.38 bits per heavy atom. The van der Waals surface area contributed by atoms with E-state index >= 15 is 0 Å².